The molecule has 2 aromatic carbocycles. The Labute approximate surface area is 228 Å². The van der Waals surface area contributed by atoms with Crippen molar-refractivity contribution in [1.29, 1.82) is 0 Å². The van der Waals surface area contributed by atoms with Crippen LogP contribution in [0, 0.1) is 55.8 Å². The number of ether oxygens (including phenoxy) is 2. The summed E-state index contributed by atoms with van der Waals surface area (Å²) in [4.78, 5) is 25.5. The van der Waals surface area contributed by atoms with Gasteiger partial charge in [0.25, 0.3) is 10.2 Å². The van der Waals surface area contributed by atoms with Gasteiger partial charge in [-0.1, -0.05) is 24.3 Å². The maximum absolute atomic E-state index is 8.36. The quantitative estimate of drug-likeness (QED) is 0.169. The van der Waals surface area contributed by atoms with Crippen molar-refractivity contribution < 1.29 is 87.6 Å². The summed E-state index contributed by atoms with van der Waals surface area (Å²) in [6, 6.07) is 15.6. The molecular formula is C18H30LaN4O12+3. The van der Waals surface area contributed by atoms with E-state index >= 15 is 0 Å². The van der Waals surface area contributed by atoms with E-state index in [0.717, 1.165) is 22.6 Å². The van der Waals surface area contributed by atoms with Crippen molar-refractivity contribution in [3.05, 3.63) is 79.9 Å². The van der Waals surface area contributed by atoms with Gasteiger partial charge in [-0.2, -0.15) is 0 Å². The SMILES string of the molecule is COc1ccccc1C=NCCN=Cc1ccccc1OC.O.O.O.O.O=[N+]([O-])O.O=[N+]([O-])O.[La+3]. The number of benzene rings is 2. The zero-order chi connectivity index (χ0) is 22.8. The second-order valence-corrected chi connectivity index (χ2v) is 5.03. The monoisotopic (exact) mass is 633 g/mol. The van der Waals surface area contributed by atoms with E-state index in [-0.39, 0.29) is 57.5 Å². The first kappa shape index (κ1) is 45.3. The average Bonchev–Trinajstić information content (AvgIpc) is 2.70. The fourth-order valence-corrected chi connectivity index (χ4v) is 1.99. The molecule has 0 unspecified atom stereocenters. The van der Waals surface area contributed by atoms with Gasteiger partial charge in [-0.3, -0.25) is 9.98 Å². The Morgan fingerprint density at radius 2 is 1.00 bits per heavy atom. The van der Waals surface area contributed by atoms with Gasteiger partial charge in [-0.15, -0.1) is 20.2 Å². The molecule has 0 saturated heterocycles. The maximum atomic E-state index is 8.36. The van der Waals surface area contributed by atoms with Crippen molar-refractivity contribution in [3.8, 4) is 11.5 Å². The second-order valence-electron chi connectivity index (χ2n) is 5.03. The van der Waals surface area contributed by atoms with Crippen LogP contribution >= 0.6 is 0 Å². The Hall–Kier alpha value is -3.19. The van der Waals surface area contributed by atoms with Crippen molar-refractivity contribution in [2.45, 2.75) is 0 Å². The minimum atomic E-state index is -1.50. The zero-order valence-corrected chi connectivity index (χ0v) is 22.5. The third kappa shape index (κ3) is 25.3. The molecule has 194 valence electrons. The van der Waals surface area contributed by atoms with Gasteiger partial charge in [-0.25, -0.2) is 0 Å². The van der Waals surface area contributed by atoms with E-state index < -0.39 is 10.2 Å². The second kappa shape index (κ2) is 28.8. The first-order valence-corrected chi connectivity index (χ1v) is 8.24. The van der Waals surface area contributed by atoms with Crippen molar-refractivity contribution in [1.82, 2.24) is 0 Å². The van der Waals surface area contributed by atoms with E-state index in [9.17, 15) is 0 Å². The molecule has 10 N–H and O–H groups in total. The summed E-state index contributed by atoms with van der Waals surface area (Å²) in [5.74, 6) is 1.65. The van der Waals surface area contributed by atoms with Crippen LogP contribution < -0.4 is 9.47 Å². The minimum absolute atomic E-state index is 0. The van der Waals surface area contributed by atoms with Gasteiger partial charge in [-0.05, 0) is 24.3 Å². The van der Waals surface area contributed by atoms with E-state index in [1.54, 1.807) is 14.2 Å². The number of para-hydroxylation sites is 2. The van der Waals surface area contributed by atoms with Crippen LogP contribution in [0.3, 0.4) is 0 Å². The van der Waals surface area contributed by atoms with Crippen LogP contribution in [0.4, 0.5) is 0 Å². The molecule has 0 radical (unpaired) electrons. The molecule has 0 aliphatic rings. The number of hydrogen-bond acceptors (Lipinski definition) is 8. The maximum Gasteiger partial charge on any atom is 3.00 e. The average molecular weight is 633 g/mol. The van der Waals surface area contributed by atoms with Crippen LogP contribution in [0.5, 0.6) is 11.5 Å². The minimum Gasteiger partial charge on any atom is -0.496 e. The van der Waals surface area contributed by atoms with Crippen LogP contribution in [0.15, 0.2) is 58.5 Å². The topological polar surface area (TPSA) is 296 Å². The van der Waals surface area contributed by atoms with E-state index in [1.165, 1.54) is 0 Å². The molecule has 2 aromatic rings. The summed E-state index contributed by atoms with van der Waals surface area (Å²) in [5.41, 5.74) is 1.94. The van der Waals surface area contributed by atoms with Gasteiger partial charge in [0.05, 0.1) is 27.3 Å². The molecule has 16 nitrogen and oxygen atoms in total. The van der Waals surface area contributed by atoms with E-state index in [2.05, 4.69) is 9.98 Å². The molecule has 0 aliphatic heterocycles. The Bertz CT molecular complexity index is 778. The number of rotatable bonds is 7. The van der Waals surface area contributed by atoms with Crippen molar-refractivity contribution >= 4 is 12.4 Å². The standard InChI is InChI=1S/C18H20N2O2.La.2HNO3.4H2O/c1-21-17-9-5-3-7-15(17)13-19-11-12-20-14-16-8-4-6-10-18(16)22-2;;2*2-1(3)4;;;;/h3-10,13-14H,11-12H2,1-2H3;;2*(H,2,3,4);4*1H2/q;+3;;;;;;. The Morgan fingerprint density at radius 3 is 1.26 bits per heavy atom. The van der Waals surface area contributed by atoms with Gasteiger partial charge in [0, 0.05) is 23.6 Å². The molecule has 0 amide bonds. The normalized spacial score (nSPS) is 8.40. The van der Waals surface area contributed by atoms with Crippen LogP contribution in [-0.2, 0) is 0 Å². The van der Waals surface area contributed by atoms with E-state index in [0.29, 0.717) is 13.1 Å². The van der Waals surface area contributed by atoms with E-state index in [4.69, 9.17) is 40.1 Å². The first-order chi connectivity index (χ1) is 14.3. The Morgan fingerprint density at radius 1 is 0.743 bits per heavy atom. The van der Waals surface area contributed by atoms with Gasteiger partial charge in [0.2, 0.25) is 0 Å². The number of hydrogen-bond donors (Lipinski definition) is 2. The number of nitrogens with zero attached hydrogens (tertiary/aromatic N) is 4. The van der Waals surface area contributed by atoms with Crippen molar-refractivity contribution in [2.24, 2.45) is 9.98 Å². The van der Waals surface area contributed by atoms with Crippen molar-refractivity contribution in [3.63, 3.8) is 0 Å². The van der Waals surface area contributed by atoms with Crippen LogP contribution in [-0.4, -0.2) is 82.2 Å². The molecule has 0 spiro atoms. The smallest absolute Gasteiger partial charge is 0.496 e. The van der Waals surface area contributed by atoms with Crippen LogP contribution in [0.2, 0.25) is 0 Å². The summed E-state index contributed by atoms with van der Waals surface area (Å²) in [5, 5.41) is 27.3. The number of aliphatic imine (C=N–C) groups is 2. The van der Waals surface area contributed by atoms with Gasteiger partial charge in [0.1, 0.15) is 11.5 Å². The molecular weight excluding hydrogens is 603 g/mol. The molecule has 0 heterocycles. The largest absolute Gasteiger partial charge is 3.00 e. The first-order valence-electron chi connectivity index (χ1n) is 8.24. The predicted octanol–water partition coefficient (Wildman–Crippen LogP) is -0.752. The molecule has 35 heavy (non-hydrogen) atoms. The molecule has 17 heteroatoms. The Balaban J connectivity index is -0.000000142. The summed E-state index contributed by atoms with van der Waals surface area (Å²) < 4.78 is 10.5. The van der Waals surface area contributed by atoms with Gasteiger partial charge < -0.3 is 41.8 Å². The molecule has 0 fully saturated rings. The van der Waals surface area contributed by atoms with Crippen molar-refractivity contribution in [2.75, 3.05) is 27.3 Å². The Kier molecular flexibility index (Phi) is 37.4. The molecule has 0 bridgehead atoms. The summed E-state index contributed by atoms with van der Waals surface area (Å²) in [7, 11) is 3.31. The molecule has 0 aliphatic carbocycles. The molecule has 0 saturated carbocycles. The van der Waals surface area contributed by atoms with Crippen LogP contribution in [0.25, 0.3) is 0 Å². The predicted molar refractivity (Wildman–Crippen MR) is 123 cm³/mol. The van der Waals surface area contributed by atoms with Gasteiger partial charge in [0.15, 0.2) is 0 Å². The molecule has 0 aromatic heterocycles. The van der Waals surface area contributed by atoms with Gasteiger partial charge >= 0.3 is 35.6 Å². The van der Waals surface area contributed by atoms with Crippen LogP contribution in [0.1, 0.15) is 11.1 Å². The molecule has 0 atom stereocenters. The molecule has 2 rings (SSSR count). The third-order valence-corrected chi connectivity index (χ3v) is 3.10. The zero-order valence-electron chi connectivity index (χ0n) is 18.9. The summed E-state index contributed by atoms with van der Waals surface area (Å²) >= 11 is 0. The number of methoxy groups -OCH3 is 2. The fourth-order valence-electron chi connectivity index (χ4n) is 1.99. The summed E-state index contributed by atoms with van der Waals surface area (Å²) in [6.07, 6.45) is 3.63. The fraction of sp³-hybridized carbons (Fsp3) is 0.222. The summed E-state index contributed by atoms with van der Waals surface area (Å²) in [6.45, 7) is 1.26. The van der Waals surface area contributed by atoms with E-state index in [1.807, 2.05) is 61.0 Å². The third-order valence-electron chi connectivity index (χ3n) is 3.10.